The number of ether oxygens (including phenoxy) is 1. The minimum absolute atomic E-state index is 0.259. The number of rotatable bonds is 10. The van der Waals surface area contributed by atoms with Gasteiger partial charge in [0.2, 0.25) is 0 Å². The van der Waals surface area contributed by atoms with Crippen LogP contribution in [0.2, 0.25) is 0 Å². The van der Waals surface area contributed by atoms with Crippen molar-refractivity contribution >= 4 is 11.9 Å². The zero-order valence-electron chi connectivity index (χ0n) is 11.4. The molecule has 0 aliphatic heterocycles. The Morgan fingerprint density at radius 1 is 1.22 bits per heavy atom. The summed E-state index contributed by atoms with van der Waals surface area (Å²) in [4.78, 5) is 21.2. The Hall–Kier alpha value is -1.10. The molecule has 0 heterocycles. The van der Waals surface area contributed by atoms with Crippen molar-refractivity contribution in [1.82, 2.24) is 0 Å². The summed E-state index contributed by atoms with van der Waals surface area (Å²) in [6.07, 6.45) is 2.12. The van der Waals surface area contributed by atoms with Gasteiger partial charge < -0.3 is 14.9 Å². The number of carbonyl (C=O) groups is 2. The van der Waals surface area contributed by atoms with Gasteiger partial charge in [-0.3, -0.25) is 4.79 Å². The molecule has 0 aliphatic carbocycles. The lowest BCUT2D eigenvalue weighted by Gasteiger charge is -2.26. The highest BCUT2D eigenvalue weighted by Crippen LogP contribution is 2.30. The maximum Gasteiger partial charge on any atom is 0.333 e. The van der Waals surface area contributed by atoms with Gasteiger partial charge in [0.25, 0.3) is 0 Å². The Morgan fingerprint density at radius 3 is 2.17 bits per heavy atom. The van der Waals surface area contributed by atoms with Gasteiger partial charge in [0.05, 0.1) is 6.42 Å². The van der Waals surface area contributed by atoms with Gasteiger partial charge in [-0.25, -0.2) is 4.79 Å². The molecule has 0 saturated carbocycles. The third-order valence-electron chi connectivity index (χ3n) is 3.59. The number of aliphatic carboxylic acids is 2. The van der Waals surface area contributed by atoms with Gasteiger partial charge in [-0.2, -0.15) is 0 Å². The van der Waals surface area contributed by atoms with E-state index in [0.29, 0.717) is 6.61 Å². The first kappa shape index (κ1) is 16.9. The maximum absolute atomic E-state index is 10.8. The van der Waals surface area contributed by atoms with E-state index in [0.717, 1.165) is 25.7 Å². The highest BCUT2D eigenvalue weighted by Gasteiger charge is 2.23. The van der Waals surface area contributed by atoms with Crippen molar-refractivity contribution in [2.75, 3.05) is 6.61 Å². The second-order valence-electron chi connectivity index (χ2n) is 4.92. The van der Waals surface area contributed by atoms with E-state index in [9.17, 15) is 9.59 Å². The summed E-state index contributed by atoms with van der Waals surface area (Å²) in [6.45, 7) is 6.75. The maximum atomic E-state index is 10.8. The predicted molar refractivity (Wildman–Crippen MR) is 67.6 cm³/mol. The van der Waals surface area contributed by atoms with Gasteiger partial charge in [-0.1, -0.05) is 33.6 Å². The average Bonchev–Trinajstić information content (AvgIpc) is 2.32. The third kappa shape index (κ3) is 6.59. The van der Waals surface area contributed by atoms with Crippen molar-refractivity contribution in [3.05, 3.63) is 0 Å². The monoisotopic (exact) mass is 260 g/mol. The summed E-state index contributed by atoms with van der Waals surface area (Å²) in [7, 11) is 0. The van der Waals surface area contributed by atoms with Gasteiger partial charge in [-0.15, -0.1) is 0 Å². The zero-order valence-corrected chi connectivity index (χ0v) is 11.4. The first-order chi connectivity index (χ1) is 8.34. The molecule has 0 saturated heterocycles. The first-order valence-corrected chi connectivity index (χ1v) is 6.41. The van der Waals surface area contributed by atoms with Crippen molar-refractivity contribution in [2.45, 2.75) is 59.0 Å². The molecule has 0 aromatic rings. The lowest BCUT2D eigenvalue weighted by molar-refractivity contribution is -0.157. The van der Waals surface area contributed by atoms with E-state index in [1.807, 2.05) is 0 Å². The molecule has 2 N–H and O–H groups in total. The third-order valence-corrected chi connectivity index (χ3v) is 3.59. The highest BCUT2D eigenvalue weighted by molar-refractivity contribution is 5.79. The largest absolute Gasteiger partial charge is 0.481 e. The lowest BCUT2D eigenvalue weighted by atomic mass is 9.80. The van der Waals surface area contributed by atoms with Crippen molar-refractivity contribution < 1.29 is 24.5 Å². The second kappa shape index (κ2) is 8.08. The van der Waals surface area contributed by atoms with Crippen molar-refractivity contribution in [2.24, 2.45) is 5.41 Å². The second-order valence-corrected chi connectivity index (χ2v) is 4.92. The predicted octanol–water partition coefficient (Wildman–Crippen LogP) is 2.54. The van der Waals surface area contributed by atoms with Gasteiger partial charge in [0.15, 0.2) is 6.10 Å². The van der Waals surface area contributed by atoms with Gasteiger partial charge in [-0.05, 0) is 18.3 Å². The van der Waals surface area contributed by atoms with Gasteiger partial charge >= 0.3 is 11.9 Å². The minimum Gasteiger partial charge on any atom is -0.481 e. The molecule has 0 radical (unpaired) electrons. The van der Waals surface area contributed by atoms with Gasteiger partial charge in [0, 0.05) is 6.61 Å². The van der Waals surface area contributed by atoms with E-state index < -0.39 is 24.5 Å². The van der Waals surface area contributed by atoms with Crippen LogP contribution in [0.1, 0.15) is 52.9 Å². The van der Waals surface area contributed by atoms with Crippen LogP contribution in [-0.4, -0.2) is 34.9 Å². The van der Waals surface area contributed by atoms with E-state index in [1.165, 1.54) is 0 Å². The van der Waals surface area contributed by atoms with Crippen LogP contribution >= 0.6 is 0 Å². The number of carboxylic acid groups (broad SMARTS) is 2. The van der Waals surface area contributed by atoms with Crippen LogP contribution in [0.5, 0.6) is 0 Å². The molecule has 5 heteroatoms. The number of hydrogen-bond acceptors (Lipinski definition) is 3. The quantitative estimate of drug-likeness (QED) is 0.590. The Bertz CT molecular complexity index is 271. The first-order valence-electron chi connectivity index (χ1n) is 6.41. The molecule has 1 atom stereocenters. The molecule has 0 aliphatic rings. The van der Waals surface area contributed by atoms with E-state index in [4.69, 9.17) is 14.9 Å². The van der Waals surface area contributed by atoms with Crippen LogP contribution in [0.3, 0.4) is 0 Å². The molecule has 5 nitrogen and oxygen atoms in total. The summed E-state index contributed by atoms with van der Waals surface area (Å²) in [5, 5.41) is 17.3. The van der Waals surface area contributed by atoms with E-state index >= 15 is 0 Å². The average molecular weight is 260 g/mol. The summed E-state index contributed by atoms with van der Waals surface area (Å²) in [5.74, 6) is -2.37. The van der Waals surface area contributed by atoms with E-state index in [1.54, 1.807) is 0 Å². The number of hydrogen-bond donors (Lipinski definition) is 2. The zero-order chi connectivity index (χ0) is 14.2. The molecule has 106 valence electrons. The van der Waals surface area contributed by atoms with Crippen LogP contribution in [0.25, 0.3) is 0 Å². The molecule has 0 aromatic carbocycles. The molecular weight excluding hydrogens is 236 g/mol. The Labute approximate surface area is 108 Å². The molecule has 0 aromatic heterocycles. The van der Waals surface area contributed by atoms with E-state index in [-0.39, 0.29) is 5.41 Å². The van der Waals surface area contributed by atoms with Crippen LogP contribution < -0.4 is 0 Å². The molecule has 0 rings (SSSR count). The Kier molecular flexibility index (Phi) is 7.59. The smallest absolute Gasteiger partial charge is 0.333 e. The van der Waals surface area contributed by atoms with Crippen LogP contribution in [0.15, 0.2) is 0 Å². The molecule has 1 unspecified atom stereocenters. The number of carboxylic acids is 2. The molecule has 0 bridgehead atoms. The van der Waals surface area contributed by atoms with Crippen LogP contribution in [-0.2, 0) is 14.3 Å². The molecule has 18 heavy (non-hydrogen) atoms. The summed E-state index contributed by atoms with van der Waals surface area (Å²) >= 11 is 0. The lowest BCUT2D eigenvalue weighted by Crippen LogP contribution is -2.27. The SMILES string of the molecule is CCC(C)(CC)CCCOC(CC(=O)O)C(=O)O. The van der Waals surface area contributed by atoms with Gasteiger partial charge in [0.1, 0.15) is 0 Å². The van der Waals surface area contributed by atoms with Crippen molar-refractivity contribution in [3.63, 3.8) is 0 Å². The molecular formula is C13H24O5. The Balaban J connectivity index is 4.00. The molecule has 0 fully saturated rings. The summed E-state index contributed by atoms with van der Waals surface area (Å²) < 4.78 is 5.12. The highest BCUT2D eigenvalue weighted by atomic mass is 16.5. The topological polar surface area (TPSA) is 83.8 Å². The fraction of sp³-hybridized carbons (Fsp3) is 0.846. The van der Waals surface area contributed by atoms with Crippen molar-refractivity contribution in [3.8, 4) is 0 Å². The normalized spacial score (nSPS) is 13.3. The van der Waals surface area contributed by atoms with Crippen LogP contribution in [0, 0.1) is 5.41 Å². The standard InChI is InChI=1S/C13H24O5/c1-4-13(3,5-2)7-6-8-18-10(12(16)17)9-11(14)15/h10H,4-9H2,1-3H3,(H,14,15)(H,16,17). The molecule has 0 spiro atoms. The minimum atomic E-state index is -1.24. The summed E-state index contributed by atoms with van der Waals surface area (Å²) in [6, 6.07) is 0. The fourth-order valence-corrected chi connectivity index (χ4v) is 1.70. The van der Waals surface area contributed by atoms with Crippen molar-refractivity contribution in [1.29, 1.82) is 0 Å². The Morgan fingerprint density at radius 2 is 1.78 bits per heavy atom. The summed E-state index contributed by atoms with van der Waals surface area (Å²) in [5.41, 5.74) is 0.259. The van der Waals surface area contributed by atoms with Crippen LogP contribution in [0.4, 0.5) is 0 Å². The van der Waals surface area contributed by atoms with E-state index in [2.05, 4.69) is 20.8 Å². The fourth-order valence-electron chi connectivity index (χ4n) is 1.70. The molecule has 0 amide bonds.